The summed E-state index contributed by atoms with van der Waals surface area (Å²) in [6.45, 7) is 2.69. The lowest BCUT2D eigenvalue weighted by Gasteiger charge is -2.31. The summed E-state index contributed by atoms with van der Waals surface area (Å²) in [5, 5.41) is 2.77. The van der Waals surface area contributed by atoms with Gasteiger partial charge in [0.1, 0.15) is 17.2 Å². The van der Waals surface area contributed by atoms with Gasteiger partial charge in [0.25, 0.3) is 11.8 Å². The number of primary amides is 1. The van der Waals surface area contributed by atoms with Crippen molar-refractivity contribution < 1.29 is 23.9 Å². The first-order valence-corrected chi connectivity index (χ1v) is 11.8. The number of para-hydroxylation sites is 1. The SMILES string of the molecule is Cc1ccc(Oc2ccc(OCC(=O)Nc3ccccc3C(=O)N3CCC(C(N)=O)CC3)cc2)cc1. The first-order chi connectivity index (χ1) is 17.4. The third kappa shape index (κ3) is 6.41. The van der Waals surface area contributed by atoms with Gasteiger partial charge in [-0.3, -0.25) is 14.4 Å². The van der Waals surface area contributed by atoms with Gasteiger partial charge in [0.2, 0.25) is 5.91 Å². The zero-order chi connectivity index (χ0) is 25.5. The molecule has 0 aliphatic carbocycles. The van der Waals surface area contributed by atoms with E-state index in [-0.39, 0.29) is 30.2 Å². The molecule has 0 atom stereocenters. The molecular weight excluding hydrogens is 458 g/mol. The Bertz CT molecular complexity index is 1220. The van der Waals surface area contributed by atoms with Crippen LogP contribution in [0.15, 0.2) is 72.8 Å². The number of aryl methyl sites for hydroxylation is 1. The van der Waals surface area contributed by atoms with E-state index in [4.69, 9.17) is 15.2 Å². The first kappa shape index (κ1) is 24.8. The van der Waals surface area contributed by atoms with E-state index in [0.717, 1.165) is 11.3 Å². The third-order valence-electron chi connectivity index (χ3n) is 6.07. The summed E-state index contributed by atoms with van der Waals surface area (Å²) in [6.07, 6.45) is 1.08. The van der Waals surface area contributed by atoms with Crippen LogP contribution < -0.4 is 20.5 Å². The fourth-order valence-corrected chi connectivity index (χ4v) is 4.00. The number of piperidine rings is 1. The summed E-state index contributed by atoms with van der Waals surface area (Å²) < 4.78 is 11.4. The van der Waals surface area contributed by atoms with E-state index in [9.17, 15) is 14.4 Å². The molecule has 36 heavy (non-hydrogen) atoms. The molecule has 3 aromatic rings. The maximum Gasteiger partial charge on any atom is 0.262 e. The van der Waals surface area contributed by atoms with Crippen molar-refractivity contribution in [1.29, 1.82) is 0 Å². The molecule has 8 nitrogen and oxygen atoms in total. The number of hydrogen-bond acceptors (Lipinski definition) is 5. The smallest absolute Gasteiger partial charge is 0.262 e. The Hall–Kier alpha value is -4.33. The summed E-state index contributed by atoms with van der Waals surface area (Å²) in [5.74, 6) is 0.791. The predicted molar refractivity (Wildman–Crippen MR) is 136 cm³/mol. The highest BCUT2D eigenvalue weighted by atomic mass is 16.5. The molecule has 3 aromatic carbocycles. The van der Waals surface area contributed by atoms with Gasteiger partial charge in [-0.25, -0.2) is 0 Å². The molecule has 4 rings (SSSR count). The van der Waals surface area contributed by atoms with E-state index >= 15 is 0 Å². The topological polar surface area (TPSA) is 111 Å². The highest BCUT2D eigenvalue weighted by Gasteiger charge is 2.27. The summed E-state index contributed by atoms with van der Waals surface area (Å²) in [6, 6.07) is 21.6. The molecule has 3 N–H and O–H groups in total. The molecule has 0 aromatic heterocycles. The van der Waals surface area contributed by atoms with Crippen molar-refractivity contribution in [2.45, 2.75) is 19.8 Å². The van der Waals surface area contributed by atoms with Crippen LogP contribution in [-0.4, -0.2) is 42.3 Å². The van der Waals surface area contributed by atoms with Gasteiger partial charge in [-0.2, -0.15) is 0 Å². The van der Waals surface area contributed by atoms with Crippen molar-refractivity contribution in [3.05, 3.63) is 83.9 Å². The van der Waals surface area contributed by atoms with Gasteiger partial charge >= 0.3 is 0 Å². The maximum absolute atomic E-state index is 13.1. The van der Waals surface area contributed by atoms with E-state index in [2.05, 4.69) is 5.32 Å². The van der Waals surface area contributed by atoms with Crippen molar-refractivity contribution in [2.75, 3.05) is 25.0 Å². The van der Waals surface area contributed by atoms with Crippen LogP contribution in [0.1, 0.15) is 28.8 Å². The lowest BCUT2D eigenvalue weighted by molar-refractivity contribution is -0.123. The van der Waals surface area contributed by atoms with Gasteiger partial charge in [0.15, 0.2) is 6.61 Å². The van der Waals surface area contributed by atoms with Crippen LogP contribution in [-0.2, 0) is 9.59 Å². The molecule has 1 heterocycles. The molecule has 1 saturated heterocycles. The van der Waals surface area contributed by atoms with Crippen LogP contribution in [0.3, 0.4) is 0 Å². The third-order valence-corrected chi connectivity index (χ3v) is 6.07. The van der Waals surface area contributed by atoms with Crippen LogP contribution in [0.5, 0.6) is 17.2 Å². The number of rotatable bonds is 8. The highest BCUT2D eigenvalue weighted by molar-refractivity contribution is 6.04. The van der Waals surface area contributed by atoms with Gasteiger partial charge in [-0.05, 0) is 68.3 Å². The standard InChI is InChI=1S/C28H29N3O5/c1-19-6-8-22(9-7-19)36-23-12-10-21(11-13-23)35-18-26(32)30-25-5-3-2-4-24(25)28(34)31-16-14-20(15-17-31)27(29)33/h2-13,20H,14-18H2,1H3,(H2,29,33)(H,30,32). The van der Waals surface area contributed by atoms with E-state index in [1.54, 1.807) is 53.4 Å². The zero-order valence-electron chi connectivity index (χ0n) is 20.1. The molecule has 186 valence electrons. The number of amides is 3. The summed E-state index contributed by atoms with van der Waals surface area (Å²) >= 11 is 0. The lowest BCUT2D eigenvalue weighted by atomic mass is 9.95. The highest BCUT2D eigenvalue weighted by Crippen LogP contribution is 2.25. The number of likely N-dealkylation sites (tertiary alicyclic amines) is 1. The van der Waals surface area contributed by atoms with E-state index in [1.165, 1.54) is 0 Å². The Kier molecular flexibility index (Phi) is 7.85. The van der Waals surface area contributed by atoms with Crippen LogP contribution in [0, 0.1) is 12.8 Å². The number of hydrogen-bond donors (Lipinski definition) is 2. The second kappa shape index (κ2) is 11.4. The zero-order valence-corrected chi connectivity index (χ0v) is 20.1. The minimum absolute atomic E-state index is 0.195. The Morgan fingerprint density at radius 3 is 2.11 bits per heavy atom. The van der Waals surface area contributed by atoms with Crippen molar-refractivity contribution in [3.63, 3.8) is 0 Å². The monoisotopic (exact) mass is 487 g/mol. The molecule has 3 amide bonds. The Labute approximate surface area is 210 Å². The predicted octanol–water partition coefficient (Wildman–Crippen LogP) is 4.14. The van der Waals surface area contributed by atoms with Gasteiger partial charge < -0.3 is 25.4 Å². The van der Waals surface area contributed by atoms with Crippen molar-refractivity contribution in [3.8, 4) is 17.2 Å². The number of carbonyl (C=O) groups is 3. The van der Waals surface area contributed by atoms with Gasteiger partial charge in [-0.15, -0.1) is 0 Å². The summed E-state index contributed by atoms with van der Waals surface area (Å²) in [4.78, 5) is 38.7. The maximum atomic E-state index is 13.1. The van der Waals surface area contributed by atoms with Crippen molar-refractivity contribution >= 4 is 23.4 Å². The second-order valence-electron chi connectivity index (χ2n) is 8.74. The largest absolute Gasteiger partial charge is 0.484 e. The number of anilines is 1. The molecular formula is C28H29N3O5. The van der Waals surface area contributed by atoms with Crippen molar-refractivity contribution in [2.24, 2.45) is 11.7 Å². The normalized spacial score (nSPS) is 13.6. The van der Waals surface area contributed by atoms with Gasteiger partial charge in [-0.1, -0.05) is 29.8 Å². The fraction of sp³-hybridized carbons (Fsp3) is 0.250. The summed E-state index contributed by atoms with van der Waals surface area (Å²) in [5.41, 5.74) is 7.34. The fourth-order valence-electron chi connectivity index (χ4n) is 4.00. The number of benzene rings is 3. The van der Waals surface area contributed by atoms with Crippen LogP contribution in [0.25, 0.3) is 0 Å². The van der Waals surface area contributed by atoms with E-state index < -0.39 is 0 Å². The number of nitrogens with zero attached hydrogens (tertiary/aromatic N) is 1. The quantitative estimate of drug-likeness (QED) is 0.496. The molecule has 1 aliphatic rings. The Balaban J connectivity index is 1.30. The molecule has 0 bridgehead atoms. The molecule has 0 saturated carbocycles. The average molecular weight is 488 g/mol. The summed E-state index contributed by atoms with van der Waals surface area (Å²) in [7, 11) is 0. The van der Waals surface area contributed by atoms with Gasteiger partial charge in [0.05, 0.1) is 11.3 Å². The Morgan fingerprint density at radius 2 is 1.47 bits per heavy atom. The second-order valence-corrected chi connectivity index (χ2v) is 8.74. The van der Waals surface area contributed by atoms with Crippen LogP contribution in [0.2, 0.25) is 0 Å². The first-order valence-electron chi connectivity index (χ1n) is 11.8. The molecule has 1 fully saturated rings. The average Bonchev–Trinajstić information content (AvgIpc) is 2.89. The number of carbonyl (C=O) groups excluding carboxylic acids is 3. The number of nitrogens with two attached hydrogens (primary N) is 1. The minimum atomic E-state index is -0.386. The van der Waals surface area contributed by atoms with Gasteiger partial charge in [0, 0.05) is 19.0 Å². The van der Waals surface area contributed by atoms with Crippen LogP contribution in [0.4, 0.5) is 5.69 Å². The molecule has 0 spiro atoms. The van der Waals surface area contributed by atoms with Crippen molar-refractivity contribution in [1.82, 2.24) is 4.90 Å². The minimum Gasteiger partial charge on any atom is -0.484 e. The Morgan fingerprint density at radius 1 is 0.889 bits per heavy atom. The number of nitrogens with one attached hydrogen (secondary N) is 1. The molecule has 8 heteroatoms. The molecule has 0 unspecified atom stereocenters. The van der Waals surface area contributed by atoms with Crippen LogP contribution >= 0.6 is 0 Å². The molecule has 1 aliphatic heterocycles. The van der Waals surface area contributed by atoms with E-state index in [1.807, 2.05) is 31.2 Å². The number of ether oxygens (including phenoxy) is 2. The molecule has 0 radical (unpaired) electrons. The lowest BCUT2D eigenvalue weighted by Crippen LogP contribution is -2.42. The van der Waals surface area contributed by atoms with E-state index in [0.29, 0.717) is 48.7 Å².